The van der Waals surface area contributed by atoms with Crippen molar-refractivity contribution in [2.75, 3.05) is 18.4 Å². The van der Waals surface area contributed by atoms with Crippen molar-refractivity contribution in [3.05, 3.63) is 28.4 Å². The third-order valence-corrected chi connectivity index (χ3v) is 3.90. The monoisotopic (exact) mass is 336 g/mol. The fourth-order valence-electron chi connectivity index (χ4n) is 2.52. The number of nitrogens with zero attached hydrogens (tertiary/aromatic N) is 3. The number of ether oxygens (including phenoxy) is 1. The van der Waals surface area contributed by atoms with Crippen molar-refractivity contribution >= 4 is 17.6 Å². The number of hydrogen-bond donors (Lipinski definition) is 1. The Balaban J connectivity index is 2.00. The van der Waals surface area contributed by atoms with Gasteiger partial charge in [-0.15, -0.1) is 0 Å². The van der Waals surface area contributed by atoms with Gasteiger partial charge in [-0.2, -0.15) is 0 Å². The summed E-state index contributed by atoms with van der Waals surface area (Å²) in [4.78, 5) is 28.2. The number of hydrogen-bond acceptors (Lipinski definition) is 6. The number of pyridine rings is 1. The molecule has 0 radical (unpaired) electrons. The van der Waals surface area contributed by atoms with Crippen LogP contribution >= 0.6 is 0 Å². The van der Waals surface area contributed by atoms with Crippen molar-refractivity contribution in [3.63, 3.8) is 0 Å². The number of carbonyl (C=O) groups is 1. The van der Waals surface area contributed by atoms with E-state index in [-0.39, 0.29) is 17.8 Å². The van der Waals surface area contributed by atoms with Crippen molar-refractivity contribution in [3.8, 4) is 0 Å². The van der Waals surface area contributed by atoms with Crippen LogP contribution in [0.15, 0.2) is 18.3 Å². The Bertz CT molecular complexity index is 597. The first kappa shape index (κ1) is 18.0. The predicted octanol–water partition coefficient (Wildman–Crippen LogP) is 3.05. The van der Waals surface area contributed by atoms with Gasteiger partial charge in [0.25, 0.3) is 5.69 Å². The van der Waals surface area contributed by atoms with E-state index in [0.29, 0.717) is 24.8 Å². The van der Waals surface area contributed by atoms with E-state index in [1.807, 2.05) is 20.8 Å². The second-order valence-corrected chi connectivity index (χ2v) is 7.10. The highest BCUT2D eigenvalue weighted by atomic mass is 16.6. The molecule has 1 aliphatic rings. The molecule has 2 heterocycles. The van der Waals surface area contributed by atoms with Crippen LogP contribution in [0, 0.1) is 16.0 Å². The van der Waals surface area contributed by atoms with Crippen LogP contribution in [0.3, 0.4) is 0 Å². The summed E-state index contributed by atoms with van der Waals surface area (Å²) >= 11 is 0. The van der Waals surface area contributed by atoms with Gasteiger partial charge < -0.3 is 15.0 Å². The van der Waals surface area contributed by atoms with E-state index in [0.717, 1.165) is 6.42 Å². The Morgan fingerprint density at radius 3 is 2.71 bits per heavy atom. The molecule has 0 aliphatic carbocycles. The average molecular weight is 336 g/mol. The quantitative estimate of drug-likeness (QED) is 0.673. The number of aromatic nitrogens is 1. The minimum Gasteiger partial charge on any atom is -0.444 e. The first-order valence-corrected chi connectivity index (χ1v) is 8.00. The van der Waals surface area contributed by atoms with E-state index in [1.54, 1.807) is 11.0 Å². The number of amides is 1. The zero-order valence-electron chi connectivity index (χ0n) is 14.5. The molecule has 0 spiro atoms. The fourth-order valence-corrected chi connectivity index (χ4v) is 2.52. The van der Waals surface area contributed by atoms with Gasteiger partial charge in [-0.1, -0.05) is 6.92 Å². The number of nitro groups is 1. The highest BCUT2D eigenvalue weighted by Gasteiger charge is 2.31. The van der Waals surface area contributed by atoms with E-state index < -0.39 is 10.5 Å². The van der Waals surface area contributed by atoms with Gasteiger partial charge in [0.05, 0.1) is 4.92 Å². The molecule has 1 aromatic rings. The zero-order valence-corrected chi connectivity index (χ0v) is 14.5. The molecule has 2 atom stereocenters. The maximum Gasteiger partial charge on any atom is 0.410 e. The maximum atomic E-state index is 12.2. The summed E-state index contributed by atoms with van der Waals surface area (Å²) in [5.41, 5.74) is -0.573. The number of rotatable bonds is 3. The van der Waals surface area contributed by atoms with Gasteiger partial charge in [-0.05, 0) is 39.2 Å². The lowest BCUT2D eigenvalue weighted by Crippen LogP contribution is -2.50. The molecule has 24 heavy (non-hydrogen) atoms. The summed E-state index contributed by atoms with van der Waals surface area (Å²) in [6.45, 7) is 8.79. The summed E-state index contributed by atoms with van der Waals surface area (Å²) in [6, 6.07) is 3.01. The van der Waals surface area contributed by atoms with Gasteiger partial charge in [-0.3, -0.25) is 10.1 Å². The zero-order chi connectivity index (χ0) is 17.9. The minimum atomic E-state index is -0.525. The predicted molar refractivity (Wildman–Crippen MR) is 89.9 cm³/mol. The van der Waals surface area contributed by atoms with Crippen LogP contribution in [0.4, 0.5) is 16.3 Å². The summed E-state index contributed by atoms with van der Waals surface area (Å²) < 4.78 is 5.42. The Morgan fingerprint density at radius 1 is 1.46 bits per heavy atom. The molecule has 8 nitrogen and oxygen atoms in total. The van der Waals surface area contributed by atoms with Gasteiger partial charge in [0, 0.05) is 25.2 Å². The topological polar surface area (TPSA) is 97.6 Å². The highest BCUT2D eigenvalue weighted by molar-refractivity contribution is 5.68. The van der Waals surface area contributed by atoms with Gasteiger partial charge in [0.15, 0.2) is 0 Å². The molecule has 1 fully saturated rings. The molecule has 1 aliphatic heterocycles. The van der Waals surface area contributed by atoms with Crippen molar-refractivity contribution < 1.29 is 14.5 Å². The van der Waals surface area contributed by atoms with E-state index >= 15 is 0 Å². The lowest BCUT2D eigenvalue weighted by molar-refractivity contribution is -0.385. The largest absolute Gasteiger partial charge is 0.444 e. The van der Waals surface area contributed by atoms with Crippen molar-refractivity contribution in [2.45, 2.75) is 45.8 Å². The third-order valence-electron chi connectivity index (χ3n) is 3.90. The highest BCUT2D eigenvalue weighted by Crippen LogP contribution is 2.23. The van der Waals surface area contributed by atoms with Crippen LogP contribution in [0.1, 0.15) is 34.1 Å². The third kappa shape index (κ3) is 4.81. The number of likely N-dealkylation sites (tertiary alicyclic amines) is 1. The van der Waals surface area contributed by atoms with Crippen molar-refractivity contribution in [1.82, 2.24) is 9.88 Å². The number of nitrogens with one attached hydrogen (secondary N) is 1. The maximum absolute atomic E-state index is 12.2. The molecule has 0 bridgehead atoms. The fraction of sp³-hybridized carbons (Fsp3) is 0.625. The Kier molecular flexibility index (Phi) is 5.26. The first-order chi connectivity index (χ1) is 11.2. The van der Waals surface area contributed by atoms with Gasteiger partial charge in [-0.25, -0.2) is 9.78 Å². The summed E-state index contributed by atoms with van der Waals surface area (Å²) in [7, 11) is 0. The summed E-state index contributed by atoms with van der Waals surface area (Å²) in [5.74, 6) is 0.907. The van der Waals surface area contributed by atoms with E-state index in [2.05, 4.69) is 17.2 Å². The molecule has 1 amide bonds. The number of piperidine rings is 1. The molecular weight excluding hydrogens is 312 g/mol. The Hall–Kier alpha value is -2.38. The summed E-state index contributed by atoms with van der Waals surface area (Å²) in [6.07, 6.45) is 1.75. The smallest absolute Gasteiger partial charge is 0.410 e. The van der Waals surface area contributed by atoms with E-state index in [4.69, 9.17) is 4.74 Å². The second kappa shape index (κ2) is 7.02. The molecule has 2 rings (SSSR count). The molecule has 132 valence electrons. The molecule has 8 heteroatoms. The van der Waals surface area contributed by atoms with Crippen LogP contribution in [0.25, 0.3) is 0 Å². The second-order valence-electron chi connectivity index (χ2n) is 7.10. The van der Waals surface area contributed by atoms with Gasteiger partial charge in [0.2, 0.25) is 0 Å². The molecule has 1 aromatic heterocycles. The van der Waals surface area contributed by atoms with E-state index in [1.165, 1.54) is 12.3 Å². The average Bonchev–Trinajstić information content (AvgIpc) is 2.48. The van der Waals surface area contributed by atoms with Crippen LogP contribution in [0.2, 0.25) is 0 Å². The van der Waals surface area contributed by atoms with Crippen LogP contribution in [-0.4, -0.2) is 45.6 Å². The molecule has 1 N–H and O–H groups in total. The van der Waals surface area contributed by atoms with Gasteiger partial charge in [0.1, 0.15) is 17.6 Å². The molecule has 1 saturated heterocycles. The normalized spacial score (nSPS) is 21.2. The molecule has 0 aromatic carbocycles. The standard InChI is InChI=1S/C16H24N4O4/c1-11-7-8-19(15(21)24-16(2,3)4)10-13(11)18-14-6-5-12(9-17-14)20(22)23/h5-6,9,11,13H,7-8,10H2,1-4H3,(H,17,18). The first-order valence-electron chi connectivity index (χ1n) is 8.00. The summed E-state index contributed by atoms with van der Waals surface area (Å²) in [5, 5.41) is 13.9. The Labute approximate surface area is 141 Å². The van der Waals surface area contributed by atoms with Crippen LogP contribution in [-0.2, 0) is 4.74 Å². The van der Waals surface area contributed by atoms with Gasteiger partial charge >= 0.3 is 6.09 Å². The van der Waals surface area contributed by atoms with Crippen LogP contribution < -0.4 is 5.32 Å². The SMILES string of the molecule is CC1CCN(C(=O)OC(C)(C)C)CC1Nc1ccc([N+](=O)[O-])cn1. The van der Waals surface area contributed by atoms with Crippen molar-refractivity contribution in [1.29, 1.82) is 0 Å². The van der Waals surface area contributed by atoms with Crippen molar-refractivity contribution in [2.24, 2.45) is 5.92 Å². The molecular formula is C16H24N4O4. The van der Waals surface area contributed by atoms with E-state index in [9.17, 15) is 14.9 Å². The lowest BCUT2D eigenvalue weighted by Gasteiger charge is -2.38. The Morgan fingerprint density at radius 2 is 2.17 bits per heavy atom. The molecule has 2 unspecified atom stereocenters. The van der Waals surface area contributed by atoms with Crippen LogP contribution in [0.5, 0.6) is 0 Å². The minimum absolute atomic E-state index is 0.0141. The number of anilines is 1. The lowest BCUT2D eigenvalue weighted by atomic mass is 9.93. The number of carbonyl (C=O) groups excluding carboxylic acids is 1. The molecule has 0 saturated carbocycles.